The van der Waals surface area contributed by atoms with Crippen LogP contribution in [0.5, 0.6) is 0 Å². The lowest BCUT2D eigenvalue weighted by atomic mass is 10.1. The van der Waals surface area contributed by atoms with Crippen molar-refractivity contribution in [1.29, 1.82) is 0 Å². The summed E-state index contributed by atoms with van der Waals surface area (Å²) < 4.78 is 1.54. The fourth-order valence-corrected chi connectivity index (χ4v) is 4.88. The highest BCUT2D eigenvalue weighted by molar-refractivity contribution is 7.99. The molecule has 0 amide bonds. The average Bonchev–Trinajstić information content (AvgIpc) is 3.21. The van der Waals surface area contributed by atoms with E-state index in [-0.39, 0.29) is 5.25 Å². The molecule has 0 bridgehead atoms. The number of rotatable bonds is 3. The summed E-state index contributed by atoms with van der Waals surface area (Å²) in [6.07, 6.45) is 0. The average molecular weight is 391 g/mol. The highest BCUT2D eigenvalue weighted by atomic mass is 35.5. The largest absolute Gasteiger partial charge is 0.335 e. The number of thioether (sulfide) groups is 1. The Balaban J connectivity index is 1.55. The number of hydrogen-bond acceptors (Lipinski definition) is 4. The SMILES string of the molecule is Nn1c(SC2c3ccccc3-c3ccccc32)nnc1-c1cccc(Cl)c1. The van der Waals surface area contributed by atoms with Gasteiger partial charge in [0.05, 0.1) is 5.25 Å². The molecule has 0 radical (unpaired) electrons. The van der Waals surface area contributed by atoms with Gasteiger partial charge in [-0.05, 0) is 34.4 Å². The van der Waals surface area contributed by atoms with Gasteiger partial charge in [-0.2, -0.15) is 0 Å². The predicted octanol–water partition coefficient (Wildman–Crippen LogP) is 5.17. The minimum absolute atomic E-state index is 0.135. The van der Waals surface area contributed by atoms with Crippen LogP contribution in [0.4, 0.5) is 0 Å². The molecule has 0 saturated heterocycles. The van der Waals surface area contributed by atoms with Crippen molar-refractivity contribution in [3.63, 3.8) is 0 Å². The van der Waals surface area contributed by atoms with Crippen LogP contribution in [-0.2, 0) is 0 Å². The van der Waals surface area contributed by atoms with Gasteiger partial charge in [0.15, 0.2) is 5.82 Å². The summed E-state index contributed by atoms with van der Waals surface area (Å²) in [5.74, 6) is 6.93. The van der Waals surface area contributed by atoms with Crippen LogP contribution >= 0.6 is 23.4 Å². The van der Waals surface area contributed by atoms with E-state index >= 15 is 0 Å². The van der Waals surface area contributed by atoms with Gasteiger partial charge in [0.2, 0.25) is 5.16 Å². The number of nitrogen functional groups attached to an aromatic ring is 1. The monoisotopic (exact) mass is 390 g/mol. The van der Waals surface area contributed by atoms with Crippen molar-refractivity contribution in [2.75, 3.05) is 5.84 Å². The molecule has 5 rings (SSSR count). The number of nitrogens with zero attached hydrogens (tertiary/aromatic N) is 3. The number of hydrogen-bond donors (Lipinski definition) is 1. The van der Waals surface area contributed by atoms with Crippen molar-refractivity contribution in [2.24, 2.45) is 0 Å². The Morgan fingerprint density at radius 3 is 2.19 bits per heavy atom. The van der Waals surface area contributed by atoms with Crippen LogP contribution < -0.4 is 5.84 Å². The highest BCUT2D eigenvalue weighted by Gasteiger charge is 2.30. The van der Waals surface area contributed by atoms with Crippen molar-refractivity contribution in [3.05, 3.63) is 88.9 Å². The van der Waals surface area contributed by atoms with E-state index in [0.29, 0.717) is 16.0 Å². The number of fused-ring (bicyclic) bond motifs is 3. The molecule has 1 aromatic heterocycles. The zero-order chi connectivity index (χ0) is 18.4. The first-order valence-electron chi connectivity index (χ1n) is 8.53. The molecule has 0 spiro atoms. The summed E-state index contributed by atoms with van der Waals surface area (Å²) in [7, 11) is 0. The summed E-state index contributed by atoms with van der Waals surface area (Å²) in [5, 5.41) is 10.1. The van der Waals surface area contributed by atoms with Crippen LogP contribution in [0.25, 0.3) is 22.5 Å². The Morgan fingerprint density at radius 2 is 1.52 bits per heavy atom. The zero-order valence-corrected chi connectivity index (χ0v) is 15.8. The molecule has 0 fully saturated rings. The molecule has 1 aliphatic carbocycles. The van der Waals surface area contributed by atoms with E-state index in [0.717, 1.165) is 5.56 Å². The Labute approximate surface area is 166 Å². The number of benzene rings is 3. The van der Waals surface area contributed by atoms with Gasteiger partial charge in [0, 0.05) is 10.6 Å². The normalized spacial score (nSPS) is 12.8. The summed E-state index contributed by atoms with van der Waals surface area (Å²) >= 11 is 7.71. The summed E-state index contributed by atoms with van der Waals surface area (Å²) in [6.45, 7) is 0. The van der Waals surface area contributed by atoms with Gasteiger partial charge in [0.1, 0.15) is 0 Å². The van der Waals surface area contributed by atoms with Crippen LogP contribution in [0.2, 0.25) is 5.02 Å². The molecule has 27 heavy (non-hydrogen) atoms. The Hall–Kier alpha value is -2.76. The lowest BCUT2D eigenvalue weighted by Gasteiger charge is -2.12. The molecule has 4 aromatic rings. The van der Waals surface area contributed by atoms with Crippen molar-refractivity contribution >= 4 is 23.4 Å². The molecule has 0 aliphatic heterocycles. The van der Waals surface area contributed by atoms with E-state index < -0.39 is 0 Å². The molecule has 6 heteroatoms. The molecule has 2 N–H and O–H groups in total. The molecule has 0 unspecified atom stereocenters. The molecular formula is C21H15ClN4S. The quantitative estimate of drug-likeness (QED) is 0.490. The summed E-state index contributed by atoms with van der Waals surface area (Å²) in [6, 6.07) is 24.4. The first-order chi connectivity index (χ1) is 13.2. The molecule has 1 aliphatic rings. The smallest absolute Gasteiger partial charge is 0.211 e. The maximum Gasteiger partial charge on any atom is 0.211 e. The van der Waals surface area contributed by atoms with E-state index in [9.17, 15) is 0 Å². The van der Waals surface area contributed by atoms with Crippen LogP contribution in [0, 0.1) is 0 Å². The van der Waals surface area contributed by atoms with Gasteiger partial charge in [-0.15, -0.1) is 10.2 Å². The minimum atomic E-state index is 0.135. The number of halogens is 1. The Morgan fingerprint density at radius 1 is 0.852 bits per heavy atom. The van der Waals surface area contributed by atoms with Crippen molar-refractivity contribution in [2.45, 2.75) is 10.4 Å². The number of nitrogens with two attached hydrogens (primary N) is 1. The molecule has 132 valence electrons. The minimum Gasteiger partial charge on any atom is -0.335 e. The van der Waals surface area contributed by atoms with E-state index in [4.69, 9.17) is 17.4 Å². The third-order valence-corrected chi connectivity index (χ3v) is 6.22. The van der Waals surface area contributed by atoms with E-state index in [1.54, 1.807) is 16.4 Å². The van der Waals surface area contributed by atoms with E-state index in [1.807, 2.05) is 24.3 Å². The number of aromatic nitrogens is 3. The fraction of sp³-hybridized carbons (Fsp3) is 0.0476. The van der Waals surface area contributed by atoms with E-state index in [1.165, 1.54) is 22.3 Å². The predicted molar refractivity (Wildman–Crippen MR) is 110 cm³/mol. The maximum absolute atomic E-state index is 6.33. The zero-order valence-electron chi connectivity index (χ0n) is 14.2. The molecule has 0 atom stereocenters. The van der Waals surface area contributed by atoms with Crippen LogP contribution in [-0.4, -0.2) is 14.9 Å². The highest BCUT2D eigenvalue weighted by Crippen LogP contribution is 2.51. The molecular weight excluding hydrogens is 376 g/mol. The van der Waals surface area contributed by atoms with Gasteiger partial charge in [-0.1, -0.05) is 84.0 Å². The van der Waals surface area contributed by atoms with Gasteiger partial charge in [-0.3, -0.25) is 0 Å². The lowest BCUT2D eigenvalue weighted by Crippen LogP contribution is -2.12. The second-order valence-electron chi connectivity index (χ2n) is 6.36. The maximum atomic E-state index is 6.33. The third kappa shape index (κ3) is 2.71. The first kappa shape index (κ1) is 16.4. The van der Waals surface area contributed by atoms with Crippen LogP contribution in [0.3, 0.4) is 0 Å². The van der Waals surface area contributed by atoms with Gasteiger partial charge in [-0.25, -0.2) is 4.68 Å². The topological polar surface area (TPSA) is 56.7 Å². The summed E-state index contributed by atoms with van der Waals surface area (Å²) in [4.78, 5) is 0. The van der Waals surface area contributed by atoms with Crippen molar-refractivity contribution in [3.8, 4) is 22.5 Å². The standard InChI is InChI=1S/C21H15ClN4S/c22-14-7-5-6-13(12-14)20-24-25-21(26(20)23)27-19-17-10-3-1-8-15(17)16-9-2-4-11-18(16)19/h1-12,19H,23H2. The molecule has 0 saturated carbocycles. The van der Waals surface area contributed by atoms with Gasteiger partial charge >= 0.3 is 0 Å². The Kier molecular flexibility index (Phi) is 3.92. The van der Waals surface area contributed by atoms with E-state index in [2.05, 4.69) is 58.7 Å². The van der Waals surface area contributed by atoms with Gasteiger partial charge in [0.25, 0.3) is 0 Å². The second kappa shape index (κ2) is 6.44. The van der Waals surface area contributed by atoms with Gasteiger partial charge < -0.3 is 5.84 Å². The first-order valence-corrected chi connectivity index (χ1v) is 9.79. The second-order valence-corrected chi connectivity index (χ2v) is 7.87. The molecule has 3 aromatic carbocycles. The van der Waals surface area contributed by atoms with Crippen molar-refractivity contribution < 1.29 is 0 Å². The summed E-state index contributed by atoms with van der Waals surface area (Å²) in [5.41, 5.74) is 5.93. The Bertz CT molecular complexity index is 1110. The van der Waals surface area contributed by atoms with Crippen LogP contribution in [0.15, 0.2) is 78.0 Å². The van der Waals surface area contributed by atoms with Crippen molar-refractivity contribution in [1.82, 2.24) is 14.9 Å². The third-order valence-electron chi connectivity index (χ3n) is 4.75. The molecule has 1 heterocycles. The van der Waals surface area contributed by atoms with Crippen LogP contribution in [0.1, 0.15) is 16.4 Å². The lowest BCUT2D eigenvalue weighted by molar-refractivity contribution is 0.847. The fourth-order valence-electron chi connectivity index (χ4n) is 3.52. The molecule has 4 nitrogen and oxygen atoms in total.